The minimum atomic E-state index is -0.321. The highest BCUT2D eigenvalue weighted by Gasteiger charge is 2.28. The number of carbonyl (C=O) groups is 2. The molecular weight excluding hydrogens is 208 g/mol. The SMILES string of the molecule is CC(NC1CCC(=O)NC1=O)c1ccco1. The lowest BCUT2D eigenvalue weighted by Crippen LogP contribution is -2.51. The fourth-order valence-electron chi connectivity index (χ4n) is 1.77. The van der Waals surface area contributed by atoms with Crippen LogP contribution in [0, 0.1) is 0 Å². The second-order valence-electron chi connectivity index (χ2n) is 3.91. The summed E-state index contributed by atoms with van der Waals surface area (Å²) in [7, 11) is 0. The molecule has 0 spiro atoms. The summed E-state index contributed by atoms with van der Waals surface area (Å²) < 4.78 is 5.23. The van der Waals surface area contributed by atoms with Crippen LogP contribution in [0.15, 0.2) is 22.8 Å². The van der Waals surface area contributed by atoms with Crippen LogP contribution in [-0.2, 0) is 9.59 Å². The number of hydrogen-bond acceptors (Lipinski definition) is 4. The maximum Gasteiger partial charge on any atom is 0.243 e. The van der Waals surface area contributed by atoms with E-state index in [4.69, 9.17) is 4.42 Å². The summed E-state index contributed by atoms with van der Waals surface area (Å²) in [6, 6.07) is 3.29. The van der Waals surface area contributed by atoms with Gasteiger partial charge in [0, 0.05) is 6.42 Å². The van der Waals surface area contributed by atoms with E-state index in [2.05, 4.69) is 10.6 Å². The van der Waals surface area contributed by atoms with Gasteiger partial charge >= 0.3 is 0 Å². The Bertz CT molecular complexity index is 386. The molecule has 5 nitrogen and oxygen atoms in total. The van der Waals surface area contributed by atoms with Crippen molar-refractivity contribution in [2.75, 3.05) is 0 Å². The molecule has 2 heterocycles. The Morgan fingerprint density at radius 1 is 1.56 bits per heavy atom. The molecule has 86 valence electrons. The molecule has 1 aromatic heterocycles. The Kier molecular flexibility index (Phi) is 3.05. The Labute approximate surface area is 93.2 Å². The third-order valence-electron chi connectivity index (χ3n) is 2.66. The average molecular weight is 222 g/mol. The van der Waals surface area contributed by atoms with Gasteiger partial charge in [-0.15, -0.1) is 0 Å². The molecule has 1 aromatic rings. The molecule has 5 heteroatoms. The maximum atomic E-state index is 11.5. The predicted molar refractivity (Wildman–Crippen MR) is 56.4 cm³/mol. The van der Waals surface area contributed by atoms with Crippen LogP contribution in [-0.4, -0.2) is 17.9 Å². The minimum absolute atomic E-state index is 0.0426. The quantitative estimate of drug-likeness (QED) is 0.740. The molecule has 0 radical (unpaired) electrons. The standard InChI is InChI=1S/C11H14N2O3/c1-7(9-3-2-6-16-9)12-8-4-5-10(14)13-11(8)15/h2-3,6-8,12H,4-5H2,1H3,(H,13,14,15). The van der Waals surface area contributed by atoms with E-state index in [1.54, 1.807) is 12.3 Å². The number of piperidine rings is 1. The summed E-state index contributed by atoms with van der Waals surface area (Å²) >= 11 is 0. The number of furan rings is 1. The lowest BCUT2D eigenvalue weighted by molar-refractivity contribution is -0.134. The summed E-state index contributed by atoms with van der Waals surface area (Å²) in [5.74, 6) is 0.327. The number of amides is 2. The summed E-state index contributed by atoms with van der Waals surface area (Å²) in [5, 5.41) is 5.44. The smallest absolute Gasteiger partial charge is 0.243 e. The summed E-state index contributed by atoms with van der Waals surface area (Å²) in [4.78, 5) is 22.4. The van der Waals surface area contributed by atoms with E-state index in [9.17, 15) is 9.59 Å². The highest BCUT2D eigenvalue weighted by atomic mass is 16.3. The minimum Gasteiger partial charge on any atom is -0.468 e. The number of rotatable bonds is 3. The van der Waals surface area contributed by atoms with Crippen molar-refractivity contribution < 1.29 is 14.0 Å². The zero-order chi connectivity index (χ0) is 11.5. The highest BCUT2D eigenvalue weighted by Crippen LogP contribution is 2.15. The van der Waals surface area contributed by atoms with Crippen LogP contribution in [0.1, 0.15) is 31.6 Å². The first-order chi connectivity index (χ1) is 7.66. The van der Waals surface area contributed by atoms with Crippen LogP contribution in [0.25, 0.3) is 0 Å². The Hall–Kier alpha value is -1.62. The fourth-order valence-corrected chi connectivity index (χ4v) is 1.77. The summed E-state index contributed by atoms with van der Waals surface area (Å²) in [6.45, 7) is 1.92. The van der Waals surface area contributed by atoms with Crippen LogP contribution >= 0.6 is 0 Å². The highest BCUT2D eigenvalue weighted by molar-refractivity contribution is 6.00. The second-order valence-corrected chi connectivity index (χ2v) is 3.91. The van der Waals surface area contributed by atoms with Crippen LogP contribution < -0.4 is 10.6 Å². The third kappa shape index (κ3) is 2.30. The van der Waals surface area contributed by atoms with Gasteiger partial charge in [0.25, 0.3) is 0 Å². The Morgan fingerprint density at radius 2 is 2.38 bits per heavy atom. The van der Waals surface area contributed by atoms with Crippen molar-refractivity contribution in [2.24, 2.45) is 0 Å². The first-order valence-electron chi connectivity index (χ1n) is 5.30. The monoisotopic (exact) mass is 222 g/mol. The largest absolute Gasteiger partial charge is 0.468 e. The lowest BCUT2D eigenvalue weighted by atomic mass is 10.0. The molecule has 0 saturated carbocycles. The molecule has 2 rings (SSSR count). The van der Waals surface area contributed by atoms with Crippen LogP contribution in [0.2, 0.25) is 0 Å². The van der Waals surface area contributed by atoms with Crippen molar-refractivity contribution in [3.8, 4) is 0 Å². The van der Waals surface area contributed by atoms with Crippen LogP contribution in [0.5, 0.6) is 0 Å². The molecule has 2 unspecified atom stereocenters. The molecule has 2 amide bonds. The van der Waals surface area contributed by atoms with E-state index < -0.39 is 0 Å². The average Bonchev–Trinajstić information content (AvgIpc) is 2.75. The molecule has 1 fully saturated rings. The van der Waals surface area contributed by atoms with Gasteiger partial charge in [0.15, 0.2) is 0 Å². The van der Waals surface area contributed by atoms with Gasteiger partial charge in [0.05, 0.1) is 18.3 Å². The van der Waals surface area contributed by atoms with Crippen molar-refractivity contribution in [1.29, 1.82) is 0 Å². The van der Waals surface area contributed by atoms with Gasteiger partial charge < -0.3 is 4.42 Å². The molecular formula is C11H14N2O3. The molecule has 0 aromatic carbocycles. The third-order valence-corrected chi connectivity index (χ3v) is 2.66. The van der Waals surface area contributed by atoms with Crippen LogP contribution in [0.4, 0.5) is 0 Å². The molecule has 2 atom stereocenters. The number of carbonyl (C=O) groups excluding carboxylic acids is 2. The van der Waals surface area contributed by atoms with Crippen molar-refractivity contribution in [3.05, 3.63) is 24.2 Å². The van der Waals surface area contributed by atoms with Gasteiger partial charge in [-0.1, -0.05) is 0 Å². The van der Waals surface area contributed by atoms with Gasteiger partial charge in [0.2, 0.25) is 11.8 Å². The maximum absolute atomic E-state index is 11.5. The Morgan fingerprint density at radius 3 is 3.00 bits per heavy atom. The molecule has 1 saturated heterocycles. The molecule has 16 heavy (non-hydrogen) atoms. The van der Waals surface area contributed by atoms with E-state index in [1.807, 2.05) is 13.0 Å². The first kappa shape index (κ1) is 10.9. The summed E-state index contributed by atoms with van der Waals surface area (Å²) in [5.41, 5.74) is 0. The number of nitrogens with one attached hydrogen (secondary N) is 2. The molecule has 2 N–H and O–H groups in total. The van der Waals surface area contributed by atoms with Crippen molar-refractivity contribution in [2.45, 2.75) is 31.8 Å². The van der Waals surface area contributed by atoms with Crippen molar-refractivity contribution in [3.63, 3.8) is 0 Å². The van der Waals surface area contributed by atoms with E-state index in [1.165, 1.54) is 0 Å². The van der Waals surface area contributed by atoms with E-state index in [-0.39, 0.29) is 23.9 Å². The van der Waals surface area contributed by atoms with Crippen molar-refractivity contribution in [1.82, 2.24) is 10.6 Å². The number of hydrogen-bond donors (Lipinski definition) is 2. The molecule has 1 aliphatic heterocycles. The zero-order valence-electron chi connectivity index (χ0n) is 9.03. The topological polar surface area (TPSA) is 71.3 Å². The molecule has 0 bridgehead atoms. The van der Waals surface area contributed by atoms with Crippen LogP contribution in [0.3, 0.4) is 0 Å². The first-order valence-corrected chi connectivity index (χ1v) is 5.30. The van der Waals surface area contributed by atoms with E-state index in [0.717, 1.165) is 5.76 Å². The molecule has 1 aliphatic rings. The van der Waals surface area contributed by atoms with Gasteiger partial charge in [-0.2, -0.15) is 0 Å². The van der Waals surface area contributed by atoms with Crippen molar-refractivity contribution >= 4 is 11.8 Å². The normalized spacial score (nSPS) is 22.9. The number of imide groups is 1. The molecule has 0 aliphatic carbocycles. The summed E-state index contributed by atoms with van der Waals surface area (Å²) in [6.07, 6.45) is 2.52. The second kappa shape index (κ2) is 4.49. The Balaban J connectivity index is 1.95. The zero-order valence-corrected chi connectivity index (χ0v) is 9.03. The fraction of sp³-hybridized carbons (Fsp3) is 0.455. The predicted octanol–water partition coefficient (Wildman–Crippen LogP) is 0.735. The lowest BCUT2D eigenvalue weighted by Gasteiger charge is -2.24. The van der Waals surface area contributed by atoms with Gasteiger partial charge in [-0.05, 0) is 25.5 Å². The van der Waals surface area contributed by atoms with E-state index in [0.29, 0.717) is 12.8 Å². The van der Waals surface area contributed by atoms with Gasteiger partial charge in [-0.25, -0.2) is 0 Å². The van der Waals surface area contributed by atoms with E-state index >= 15 is 0 Å². The van der Waals surface area contributed by atoms with Gasteiger partial charge in [-0.3, -0.25) is 20.2 Å². The van der Waals surface area contributed by atoms with Gasteiger partial charge in [0.1, 0.15) is 5.76 Å².